The predicted octanol–water partition coefficient (Wildman–Crippen LogP) is 0.152. The Bertz CT molecular complexity index is 526. The maximum Gasteiger partial charge on any atom is 0.239 e. The number of hydrogen-bond donors (Lipinski definition) is 1. The molecule has 2 rings (SSSR count). The molecule has 2 amide bonds. The lowest BCUT2D eigenvalue weighted by Crippen LogP contribution is -2.44. The summed E-state index contributed by atoms with van der Waals surface area (Å²) in [6.07, 6.45) is 6.23. The van der Waals surface area contributed by atoms with Gasteiger partial charge in [-0.25, -0.2) is 0 Å². The van der Waals surface area contributed by atoms with Gasteiger partial charge >= 0.3 is 0 Å². The molecule has 7 nitrogen and oxygen atoms in total. The Morgan fingerprint density at radius 2 is 2.23 bits per heavy atom. The number of likely N-dealkylation sites (tertiary alicyclic amines) is 1. The molecule has 22 heavy (non-hydrogen) atoms. The number of carbonyl (C=O) groups excluding carboxylic acids is 2. The number of nitrogens with zero attached hydrogens (tertiary/aromatic N) is 4. The summed E-state index contributed by atoms with van der Waals surface area (Å²) in [6, 6.07) is 0.0645. The van der Waals surface area contributed by atoms with E-state index in [1.54, 1.807) is 9.58 Å². The molecule has 1 aromatic heterocycles. The molecule has 1 unspecified atom stereocenters. The highest BCUT2D eigenvalue weighted by molar-refractivity contribution is 5.85. The van der Waals surface area contributed by atoms with Crippen LogP contribution in [0.25, 0.3) is 0 Å². The number of likely N-dealkylation sites (N-methyl/N-ethyl adjacent to an activating group) is 1. The first-order valence-corrected chi connectivity index (χ1v) is 7.67. The third-order valence-electron chi connectivity index (χ3n) is 3.98. The van der Waals surface area contributed by atoms with Crippen molar-refractivity contribution < 1.29 is 9.59 Å². The highest BCUT2D eigenvalue weighted by Gasteiger charge is 2.22. The van der Waals surface area contributed by atoms with E-state index in [4.69, 9.17) is 0 Å². The van der Waals surface area contributed by atoms with Crippen molar-refractivity contribution in [3.8, 4) is 0 Å². The van der Waals surface area contributed by atoms with Gasteiger partial charge in [0, 0.05) is 38.3 Å². The molecule has 0 aromatic carbocycles. The van der Waals surface area contributed by atoms with Gasteiger partial charge in [-0.1, -0.05) is 0 Å². The van der Waals surface area contributed by atoms with Crippen LogP contribution in [0.5, 0.6) is 0 Å². The number of aromatic nitrogens is 2. The number of hydrogen-bond acceptors (Lipinski definition) is 4. The second-order valence-electron chi connectivity index (χ2n) is 6.00. The van der Waals surface area contributed by atoms with Crippen molar-refractivity contribution in [1.29, 1.82) is 0 Å². The van der Waals surface area contributed by atoms with Crippen LogP contribution in [0.3, 0.4) is 0 Å². The van der Waals surface area contributed by atoms with Gasteiger partial charge in [-0.3, -0.25) is 14.3 Å². The maximum absolute atomic E-state index is 12.1. The van der Waals surface area contributed by atoms with E-state index in [9.17, 15) is 9.59 Å². The molecule has 1 N–H and O–H groups in total. The Balaban J connectivity index is 1.86. The van der Waals surface area contributed by atoms with Gasteiger partial charge in [-0.15, -0.1) is 0 Å². The fourth-order valence-corrected chi connectivity index (χ4v) is 2.68. The van der Waals surface area contributed by atoms with Gasteiger partial charge in [0.05, 0.1) is 18.8 Å². The molecule has 2 heterocycles. The number of rotatable bonds is 6. The van der Waals surface area contributed by atoms with E-state index in [2.05, 4.69) is 10.4 Å². The average molecular weight is 307 g/mol. The number of nitrogens with one attached hydrogen (secondary N) is 1. The molecule has 0 aliphatic carbocycles. The van der Waals surface area contributed by atoms with Crippen molar-refractivity contribution in [1.82, 2.24) is 24.9 Å². The lowest BCUT2D eigenvalue weighted by atomic mass is 10.1. The molecule has 0 spiro atoms. The van der Waals surface area contributed by atoms with Gasteiger partial charge in [0.15, 0.2) is 0 Å². The summed E-state index contributed by atoms with van der Waals surface area (Å²) in [4.78, 5) is 27.5. The first kappa shape index (κ1) is 16.5. The summed E-state index contributed by atoms with van der Waals surface area (Å²) in [5.74, 6) is -0.0243. The highest BCUT2D eigenvalue weighted by Crippen LogP contribution is 2.16. The quantitative estimate of drug-likeness (QED) is 0.812. The molecule has 1 aliphatic heterocycles. The number of aryl methyl sites for hydroxylation is 1. The highest BCUT2D eigenvalue weighted by atomic mass is 16.2. The summed E-state index contributed by atoms with van der Waals surface area (Å²) in [6.45, 7) is 1.34. The summed E-state index contributed by atoms with van der Waals surface area (Å²) in [7, 11) is 5.81. The molecular weight excluding hydrogens is 282 g/mol. The van der Waals surface area contributed by atoms with Crippen LogP contribution in [0.15, 0.2) is 12.4 Å². The minimum absolute atomic E-state index is 0.0645. The van der Waals surface area contributed by atoms with E-state index < -0.39 is 0 Å². The van der Waals surface area contributed by atoms with Crippen LogP contribution < -0.4 is 5.32 Å². The molecule has 1 aromatic rings. The lowest BCUT2D eigenvalue weighted by molar-refractivity contribution is -0.137. The molecule has 0 saturated carbocycles. The lowest BCUT2D eigenvalue weighted by Gasteiger charge is -2.27. The molecular formula is C15H25N5O2. The topological polar surface area (TPSA) is 70.5 Å². The summed E-state index contributed by atoms with van der Waals surface area (Å²) in [5, 5.41) is 7.10. The van der Waals surface area contributed by atoms with Crippen molar-refractivity contribution >= 4 is 11.8 Å². The molecule has 122 valence electrons. The van der Waals surface area contributed by atoms with E-state index in [0.717, 1.165) is 18.4 Å². The molecule has 1 saturated heterocycles. The summed E-state index contributed by atoms with van der Waals surface area (Å²) in [5.41, 5.74) is 1.06. The standard InChI is InChI=1S/C15H25N5O2/c1-18(2)13(12-8-17-19(3)10-12)9-16-14(21)11-20-7-5-4-6-15(20)22/h8,10,13H,4-7,9,11H2,1-3H3,(H,16,21). The first-order chi connectivity index (χ1) is 10.5. The number of carbonyl (C=O) groups is 2. The SMILES string of the molecule is CN(C)C(CNC(=O)CN1CCCCC1=O)c1cnn(C)c1. The third kappa shape index (κ3) is 4.30. The molecule has 7 heteroatoms. The second kappa shape index (κ2) is 7.40. The molecule has 0 bridgehead atoms. The Morgan fingerprint density at radius 3 is 2.82 bits per heavy atom. The van der Waals surface area contributed by atoms with E-state index in [-0.39, 0.29) is 24.4 Å². The van der Waals surface area contributed by atoms with Crippen LogP contribution >= 0.6 is 0 Å². The monoisotopic (exact) mass is 307 g/mol. The van der Waals surface area contributed by atoms with Crippen LogP contribution in [-0.4, -0.2) is 65.1 Å². The predicted molar refractivity (Wildman–Crippen MR) is 83.1 cm³/mol. The molecule has 1 atom stereocenters. The second-order valence-corrected chi connectivity index (χ2v) is 6.00. The summed E-state index contributed by atoms with van der Waals surface area (Å²) < 4.78 is 1.75. The summed E-state index contributed by atoms with van der Waals surface area (Å²) >= 11 is 0. The zero-order chi connectivity index (χ0) is 16.1. The van der Waals surface area contributed by atoms with Gasteiger partial charge in [0.1, 0.15) is 0 Å². The Morgan fingerprint density at radius 1 is 1.45 bits per heavy atom. The third-order valence-corrected chi connectivity index (χ3v) is 3.98. The molecule has 0 radical (unpaired) electrons. The molecule has 1 fully saturated rings. The first-order valence-electron chi connectivity index (χ1n) is 7.67. The fourth-order valence-electron chi connectivity index (χ4n) is 2.68. The van der Waals surface area contributed by atoms with Gasteiger partial charge < -0.3 is 15.1 Å². The van der Waals surface area contributed by atoms with Crippen LogP contribution in [0.2, 0.25) is 0 Å². The fraction of sp³-hybridized carbons (Fsp3) is 0.667. The largest absolute Gasteiger partial charge is 0.353 e. The van der Waals surface area contributed by atoms with E-state index >= 15 is 0 Å². The Hall–Kier alpha value is -1.89. The van der Waals surface area contributed by atoms with Crippen LogP contribution in [-0.2, 0) is 16.6 Å². The van der Waals surface area contributed by atoms with Crippen molar-refractivity contribution in [2.24, 2.45) is 7.05 Å². The van der Waals surface area contributed by atoms with Gasteiger partial charge in [-0.05, 0) is 26.9 Å². The maximum atomic E-state index is 12.1. The Labute approximate surface area is 131 Å². The van der Waals surface area contributed by atoms with E-state index in [1.807, 2.05) is 38.4 Å². The zero-order valence-electron chi connectivity index (χ0n) is 13.6. The van der Waals surface area contributed by atoms with E-state index in [1.165, 1.54) is 0 Å². The van der Waals surface area contributed by atoms with E-state index in [0.29, 0.717) is 19.5 Å². The van der Waals surface area contributed by atoms with Crippen molar-refractivity contribution in [2.45, 2.75) is 25.3 Å². The Kier molecular flexibility index (Phi) is 5.54. The van der Waals surface area contributed by atoms with Crippen LogP contribution in [0, 0.1) is 0 Å². The smallest absolute Gasteiger partial charge is 0.239 e. The normalized spacial score (nSPS) is 16.9. The van der Waals surface area contributed by atoms with Gasteiger partial charge in [0.25, 0.3) is 0 Å². The van der Waals surface area contributed by atoms with Crippen molar-refractivity contribution in [3.05, 3.63) is 18.0 Å². The zero-order valence-corrected chi connectivity index (χ0v) is 13.6. The van der Waals surface area contributed by atoms with Gasteiger partial charge in [0.2, 0.25) is 11.8 Å². The minimum Gasteiger partial charge on any atom is -0.353 e. The minimum atomic E-state index is -0.106. The van der Waals surface area contributed by atoms with Crippen molar-refractivity contribution in [2.75, 3.05) is 33.7 Å². The van der Waals surface area contributed by atoms with Crippen molar-refractivity contribution in [3.63, 3.8) is 0 Å². The number of amides is 2. The van der Waals surface area contributed by atoms with Gasteiger partial charge in [-0.2, -0.15) is 5.10 Å². The van der Waals surface area contributed by atoms with Crippen LogP contribution in [0.4, 0.5) is 0 Å². The van der Waals surface area contributed by atoms with Crippen LogP contribution in [0.1, 0.15) is 30.9 Å². The molecule has 1 aliphatic rings. The number of piperidine rings is 1. The average Bonchev–Trinajstić information content (AvgIpc) is 2.87.